The lowest BCUT2D eigenvalue weighted by molar-refractivity contribution is 0.168. The molecule has 0 bridgehead atoms. The topological polar surface area (TPSA) is 162 Å². The van der Waals surface area contributed by atoms with Crippen molar-refractivity contribution < 1.29 is 20.1 Å². The second-order valence-corrected chi connectivity index (χ2v) is 17.5. The van der Waals surface area contributed by atoms with Gasteiger partial charge in [-0.2, -0.15) is 0 Å². The van der Waals surface area contributed by atoms with Crippen LogP contribution in [0.3, 0.4) is 0 Å². The molecule has 342 valence electrons. The molecule has 4 aromatic heterocycles. The van der Waals surface area contributed by atoms with E-state index in [0.29, 0.717) is 37.5 Å². The van der Waals surface area contributed by atoms with Gasteiger partial charge in [-0.05, 0) is 106 Å². The summed E-state index contributed by atoms with van der Waals surface area (Å²) in [6, 6.07) is 30.9. The van der Waals surface area contributed by atoms with E-state index in [2.05, 4.69) is 90.9 Å². The Morgan fingerprint density at radius 3 is 1.58 bits per heavy atom. The number of ether oxygens (including phenoxy) is 1. The van der Waals surface area contributed by atoms with Crippen molar-refractivity contribution in [2.75, 3.05) is 63.1 Å². The summed E-state index contributed by atoms with van der Waals surface area (Å²) in [6.07, 6.45) is 4.07. The number of aliphatic hydroxyl groups excluding tert-OH is 2. The van der Waals surface area contributed by atoms with Gasteiger partial charge in [0.15, 0.2) is 0 Å². The first-order valence-electron chi connectivity index (χ1n) is 23.1. The molecule has 0 aliphatic carbocycles. The predicted molar refractivity (Wildman–Crippen MR) is 258 cm³/mol. The summed E-state index contributed by atoms with van der Waals surface area (Å²) in [4.78, 5) is 24.0. The summed E-state index contributed by atoms with van der Waals surface area (Å²) < 4.78 is 10.6. The van der Waals surface area contributed by atoms with Crippen molar-refractivity contribution in [2.24, 2.45) is 0 Å². The molecule has 5 N–H and O–H groups in total. The van der Waals surface area contributed by atoms with Crippen molar-refractivity contribution >= 4 is 34.0 Å². The number of imidazole rings is 2. The number of pyridine rings is 2. The number of piperidine rings is 2. The summed E-state index contributed by atoms with van der Waals surface area (Å²) in [5.41, 5.74) is 10.9. The normalized spacial score (nSPS) is 15.3. The van der Waals surface area contributed by atoms with E-state index >= 15 is 0 Å². The Bertz CT molecular complexity index is 2650. The monoisotopic (exact) mass is 881 g/mol. The Labute approximate surface area is 382 Å². The van der Waals surface area contributed by atoms with Gasteiger partial charge in [0, 0.05) is 62.7 Å². The second kappa shape index (κ2) is 21.3. The minimum absolute atomic E-state index is 0.202. The number of aromatic hydroxyl groups is 1. The summed E-state index contributed by atoms with van der Waals surface area (Å²) in [7, 11) is 0. The predicted octanol–water partition coefficient (Wildman–Crippen LogP) is 7.21. The summed E-state index contributed by atoms with van der Waals surface area (Å²) in [6.45, 7) is 15.5. The van der Waals surface area contributed by atoms with Gasteiger partial charge in [0.1, 0.15) is 29.5 Å². The highest BCUT2D eigenvalue weighted by molar-refractivity contribution is 5.83. The molecule has 0 saturated carbocycles. The number of aliphatic hydroxyl groups is 2. The van der Waals surface area contributed by atoms with Crippen molar-refractivity contribution in [3.63, 3.8) is 0 Å². The number of likely N-dealkylation sites (tertiary alicyclic amines) is 2. The molecule has 14 heteroatoms. The Kier molecular flexibility index (Phi) is 14.9. The van der Waals surface area contributed by atoms with Gasteiger partial charge >= 0.3 is 0 Å². The van der Waals surface area contributed by atoms with E-state index in [0.717, 1.165) is 138 Å². The first-order valence-corrected chi connectivity index (χ1v) is 23.1. The fourth-order valence-electron chi connectivity index (χ4n) is 8.96. The van der Waals surface area contributed by atoms with Crippen LogP contribution in [0.2, 0.25) is 0 Å². The van der Waals surface area contributed by atoms with Gasteiger partial charge in [-0.1, -0.05) is 54.6 Å². The van der Waals surface area contributed by atoms with Crippen LogP contribution in [-0.2, 0) is 19.7 Å². The maximum atomic E-state index is 10.3. The summed E-state index contributed by atoms with van der Waals surface area (Å²) >= 11 is 0. The number of β-amino-alcohol motifs (C(OH)–C–C–N with tert-alkyl or cyclic N) is 2. The molecule has 3 aromatic carbocycles. The molecule has 2 aliphatic heterocycles. The number of aromatic nitrogens is 6. The molecule has 0 amide bonds. The minimum atomic E-state index is 0.202. The number of hydrogen-bond donors (Lipinski definition) is 5. The van der Waals surface area contributed by atoms with Crippen LogP contribution in [0, 0.1) is 27.7 Å². The van der Waals surface area contributed by atoms with Crippen LogP contribution >= 0.6 is 0 Å². The molecule has 2 aliphatic rings. The number of rotatable bonds is 15. The number of aryl methyl sites for hydroxylation is 4. The average molecular weight is 881 g/mol. The number of hydrogen-bond acceptors (Lipinski definition) is 12. The zero-order valence-corrected chi connectivity index (χ0v) is 38.2. The Morgan fingerprint density at radius 2 is 1.06 bits per heavy atom. The molecule has 9 rings (SSSR count). The van der Waals surface area contributed by atoms with Crippen LogP contribution in [0.5, 0.6) is 11.5 Å². The summed E-state index contributed by atoms with van der Waals surface area (Å²) in [5, 5.41) is 36.1. The number of fused-ring (bicyclic) bond motifs is 2. The zero-order chi connectivity index (χ0) is 45.3. The maximum absolute atomic E-state index is 10.3. The lowest BCUT2D eigenvalue weighted by Gasteiger charge is -2.32. The van der Waals surface area contributed by atoms with Crippen LogP contribution in [0.25, 0.3) is 22.1 Å². The number of benzene rings is 3. The molecule has 0 spiro atoms. The Balaban J connectivity index is 0.000000181. The van der Waals surface area contributed by atoms with Crippen LogP contribution in [0.1, 0.15) is 65.1 Å². The van der Waals surface area contributed by atoms with E-state index in [9.17, 15) is 10.2 Å². The highest BCUT2D eigenvalue weighted by atomic mass is 16.5. The maximum Gasteiger partial charge on any atom is 0.204 e. The molecule has 0 atom stereocenters. The van der Waals surface area contributed by atoms with Gasteiger partial charge in [0.05, 0.1) is 48.4 Å². The second-order valence-electron chi connectivity index (χ2n) is 17.5. The third-order valence-corrected chi connectivity index (χ3v) is 12.6. The molecular formula is C51H64N10O4. The molecule has 7 aromatic rings. The van der Waals surface area contributed by atoms with Gasteiger partial charge in [0.2, 0.25) is 11.9 Å². The average Bonchev–Trinajstić information content (AvgIpc) is 3.84. The molecule has 2 saturated heterocycles. The van der Waals surface area contributed by atoms with Gasteiger partial charge in [0.25, 0.3) is 0 Å². The van der Waals surface area contributed by atoms with Gasteiger partial charge < -0.3 is 49.6 Å². The molecule has 6 heterocycles. The van der Waals surface area contributed by atoms with E-state index in [1.165, 1.54) is 0 Å². The number of nitrogens with one attached hydrogen (secondary N) is 2. The fourth-order valence-corrected chi connectivity index (χ4v) is 8.96. The minimum Gasteiger partial charge on any atom is -0.506 e. The van der Waals surface area contributed by atoms with Crippen LogP contribution in [-0.4, -0.2) is 119 Å². The standard InChI is InChI=1S/C29H35N5O2.C22H29N5O2/c1-21-7-6-10-26-28(21)32-29(31-24-13-15-33(16-14-24)17-18-35)34(26)19-25-27(12-11-22(2)30-25)36-20-23-8-4-3-5-9-23;1-15-4-3-5-19-21(15)25-22(24-17-8-10-26(11-9-17)12-13-28)27(19)14-18-20(29)7-6-16(2)23-18/h3-12,24,35H,13-20H2,1-2H3,(H,31,32);3-7,17,28-29H,8-14H2,1-2H3,(H,24,25). The van der Waals surface area contributed by atoms with Gasteiger partial charge in [-0.15, -0.1) is 0 Å². The van der Waals surface area contributed by atoms with Crippen molar-refractivity contribution in [1.82, 2.24) is 38.9 Å². The molecule has 0 radical (unpaired) electrons. The van der Waals surface area contributed by atoms with Crippen molar-refractivity contribution in [3.8, 4) is 11.5 Å². The first-order chi connectivity index (χ1) is 31.6. The first kappa shape index (κ1) is 45.5. The van der Waals surface area contributed by atoms with E-state index in [1.54, 1.807) is 6.07 Å². The van der Waals surface area contributed by atoms with Gasteiger partial charge in [-0.25, -0.2) is 9.97 Å². The highest BCUT2D eigenvalue weighted by Gasteiger charge is 2.24. The van der Waals surface area contributed by atoms with Crippen molar-refractivity contribution in [2.45, 2.75) is 85.2 Å². The number of nitrogens with zero attached hydrogens (tertiary/aromatic N) is 8. The van der Waals surface area contributed by atoms with Gasteiger partial charge in [-0.3, -0.25) is 9.97 Å². The van der Waals surface area contributed by atoms with Crippen molar-refractivity contribution in [3.05, 3.63) is 130 Å². The van der Waals surface area contributed by atoms with E-state index in [-0.39, 0.29) is 19.0 Å². The fraction of sp³-hybridized carbons (Fsp3) is 0.412. The molecular weight excluding hydrogens is 817 g/mol. The smallest absolute Gasteiger partial charge is 0.204 e. The SMILES string of the molecule is Cc1ccc(O)c(Cn2c(NC3CCN(CCO)CC3)nc3c(C)cccc32)n1.Cc1ccc(OCc2ccccc2)c(Cn2c(NC3CCN(CCO)CC3)nc3c(C)cccc32)n1. The lowest BCUT2D eigenvalue weighted by Crippen LogP contribution is -2.40. The third kappa shape index (κ3) is 11.3. The van der Waals surface area contributed by atoms with Crippen LogP contribution in [0.15, 0.2) is 91.0 Å². The quantitative estimate of drug-likeness (QED) is 0.0705. The Morgan fingerprint density at radius 1 is 0.569 bits per heavy atom. The van der Waals surface area contributed by atoms with E-state index in [4.69, 9.17) is 24.8 Å². The van der Waals surface area contributed by atoms with Crippen LogP contribution in [0.4, 0.5) is 11.9 Å². The highest BCUT2D eigenvalue weighted by Crippen LogP contribution is 2.30. The molecule has 14 nitrogen and oxygen atoms in total. The molecule has 0 unspecified atom stereocenters. The van der Waals surface area contributed by atoms with E-state index in [1.807, 2.05) is 56.3 Å². The summed E-state index contributed by atoms with van der Waals surface area (Å²) in [5.74, 6) is 2.69. The molecule has 65 heavy (non-hydrogen) atoms. The van der Waals surface area contributed by atoms with E-state index < -0.39 is 0 Å². The zero-order valence-electron chi connectivity index (χ0n) is 38.2. The largest absolute Gasteiger partial charge is 0.506 e. The Hall–Kier alpha value is -6.06. The number of anilines is 2. The molecule has 2 fully saturated rings. The van der Waals surface area contributed by atoms with Crippen LogP contribution < -0.4 is 15.4 Å². The van der Waals surface area contributed by atoms with Crippen molar-refractivity contribution in [1.29, 1.82) is 0 Å². The third-order valence-electron chi connectivity index (χ3n) is 12.6. The lowest BCUT2D eigenvalue weighted by atomic mass is 10.1. The number of para-hydroxylation sites is 2.